The number of thioether (sulfide) groups is 1. The maximum atomic E-state index is 12.5. The van der Waals surface area contributed by atoms with Crippen LogP contribution < -0.4 is 15.5 Å². The maximum absolute atomic E-state index is 12.5. The van der Waals surface area contributed by atoms with Crippen LogP contribution in [0.15, 0.2) is 57.7 Å². The molecule has 25 heavy (non-hydrogen) atoms. The molecule has 0 aliphatic carbocycles. The number of carbonyl (C=O) groups excluding carboxylic acids is 1. The predicted octanol–water partition coefficient (Wildman–Crippen LogP) is 3.92. The first-order chi connectivity index (χ1) is 12.1. The standard InChI is InChI=1S/C19H17NO4S/c1-23-14-6-7-15-16(21)10-18(24-17(15)9-14)19(22)20-13-5-3-4-12(8-13)11-25-2/h3-10H,11H2,1-2H3,(H,20,22). The number of hydrogen-bond acceptors (Lipinski definition) is 5. The van der Waals surface area contributed by atoms with Gasteiger partial charge in [-0.3, -0.25) is 9.59 Å². The van der Waals surface area contributed by atoms with Crippen LogP contribution in [0.5, 0.6) is 5.75 Å². The van der Waals surface area contributed by atoms with Crippen molar-refractivity contribution < 1.29 is 13.9 Å². The van der Waals surface area contributed by atoms with Crippen molar-refractivity contribution >= 4 is 34.3 Å². The quantitative estimate of drug-likeness (QED) is 0.751. The fourth-order valence-electron chi connectivity index (χ4n) is 2.47. The van der Waals surface area contributed by atoms with Crippen LogP contribution in [0.1, 0.15) is 16.1 Å². The van der Waals surface area contributed by atoms with Gasteiger partial charge in [0, 0.05) is 23.6 Å². The van der Waals surface area contributed by atoms with Crippen molar-refractivity contribution in [1.29, 1.82) is 0 Å². The number of amides is 1. The van der Waals surface area contributed by atoms with E-state index >= 15 is 0 Å². The number of methoxy groups -OCH3 is 1. The third kappa shape index (κ3) is 3.85. The van der Waals surface area contributed by atoms with E-state index in [4.69, 9.17) is 9.15 Å². The van der Waals surface area contributed by atoms with E-state index in [9.17, 15) is 9.59 Å². The van der Waals surface area contributed by atoms with E-state index in [1.165, 1.54) is 13.2 Å². The molecule has 0 aliphatic rings. The summed E-state index contributed by atoms with van der Waals surface area (Å²) in [6, 6.07) is 13.7. The maximum Gasteiger partial charge on any atom is 0.291 e. The van der Waals surface area contributed by atoms with Crippen molar-refractivity contribution in [1.82, 2.24) is 0 Å². The lowest BCUT2D eigenvalue weighted by atomic mass is 10.2. The van der Waals surface area contributed by atoms with Crippen molar-refractivity contribution in [2.75, 3.05) is 18.7 Å². The summed E-state index contributed by atoms with van der Waals surface area (Å²) in [7, 11) is 1.53. The SMILES string of the molecule is COc1ccc2c(=O)cc(C(=O)Nc3cccc(CSC)c3)oc2c1. The second-order valence-electron chi connectivity index (χ2n) is 5.42. The molecule has 0 bridgehead atoms. The van der Waals surface area contributed by atoms with Gasteiger partial charge in [0.15, 0.2) is 11.2 Å². The summed E-state index contributed by atoms with van der Waals surface area (Å²) in [6.45, 7) is 0. The zero-order chi connectivity index (χ0) is 17.8. The van der Waals surface area contributed by atoms with E-state index < -0.39 is 5.91 Å². The van der Waals surface area contributed by atoms with Crippen LogP contribution in [0.2, 0.25) is 0 Å². The Labute approximate surface area is 149 Å². The van der Waals surface area contributed by atoms with E-state index in [2.05, 4.69) is 5.32 Å². The lowest BCUT2D eigenvalue weighted by Gasteiger charge is -2.07. The molecule has 3 rings (SSSR count). The van der Waals surface area contributed by atoms with Gasteiger partial charge in [0.05, 0.1) is 12.5 Å². The summed E-state index contributed by atoms with van der Waals surface area (Å²) in [4.78, 5) is 24.7. The molecule has 2 aromatic carbocycles. The highest BCUT2D eigenvalue weighted by molar-refractivity contribution is 7.97. The van der Waals surface area contributed by atoms with Crippen molar-refractivity contribution in [2.24, 2.45) is 0 Å². The van der Waals surface area contributed by atoms with E-state index in [1.807, 2.05) is 24.5 Å². The Balaban J connectivity index is 1.91. The molecule has 1 heterocycles. The number of nitrogens with one attached hydrogen (secondary N) is 1. The van der Waals surface area contributed by atoms with Crippen molar-refractivity contribution in [3.8, 4) is 5.75 Å². The first-order valence-corrected chi connectivity index (χ1v) is 9.01. The molecular formula is C19H17NO4S. The first kappa shape index (κ1) is 17.1. The molecule has 5 nitrogen and oxygen atoms in total. The lowest BCUT2D eigenvalue weighted by molar-refractivity contribution is 0.0997. The van der Waals surface area contributed by atoms with Crippen LogP contribution in [0.4, 0.5) is 5.69 Å². The van der Waals surface area contributed by atoms with Crippen LogP contribution in [0.25, 0.3) is 11.0 Å². The third-order valence-electron chi connectivity index (χ3n) is 3.66. The molecule has 1 N–H and O–H groups in total. The summed E-state index contributed by atoms with van der Waals surface area (Å²) < 4.78 is 10.7. The number of benzene rings is 2. The predicted molar refractivity (Wildman–Crippen MR) is 101 cm³/mol. The van der Waals surface area contributed by atoms with Gasteiger partial charge in [-0.15, -0.1) is 0 Å². The summed E-state index contributed by atoms with van der Waals surface area (Å²) in [6.07, 6.45) is 2.02. The van der Waals surface area contributed by atoms with Gasteiger partial charge in [-0.25, -0.2) is 0 Å². The highest BCUT2D eigenvalue weighted by Crippen LogP contribution is 2.20. The molecule has 0 fully saturated rings. The van der Waals surface area contributed by atoms with Crippen LogP contribution in [-0.4, -0.2) is 19.3 Å². The molecule has 0 aliphatic heterocycles. The third-order valence-corrected chi connectivity index (χ3v) is 4.28. The van der Waals surface area contributed by atoms with Gasteiger partial charge in [0.1, 0.15) is 11.3 Å². The Hall–Kier alpha value is -2.73. The monoisotopic (exact) mass is 355 g/mol. The second-order valence-corrected chi connectivity index (χ2v) is 6.29. The van der Waals surface area contributed by atoms with Gasteiger partial charge in [0.25, 0.3) is 5.91 Å². The summed E-state index contributed by atoms with van der Waals surface area (Å²) in [5.41, 5.74) is 1.80. The zero-order valence-corrected chi connectivity index (χ0v) is 14.7. The molecule has 0 saturated carbocycles. The Morgan fingerprint density at radius 1 is 1.20 bits per heavy atom. The molecule has 6 heteroatoms. The number of hydrogen-bond donors (Lipinski definition) is 1. The lowest BCUT2D eigenvalue weighted by Crippen LogP contribution is -2.15. The molecule has 0 spiro atoms. The first-order valence-electron chi connectivity index (χ1n) is 7.62. The van der Waals surface area contributed by atoms with Crippen LogP contribution >= 0.6 is 11.8 Å². The molecule has 0 saturated heterocycles. The van der Waals surface area contributed by atoms with Crippen molar-refractivity contribution in [2.45, 2.75) is 5.75 Å². The van der Waals surface area contributed by atoms with Gasteiger partial charge < -0.3 is 14.5 Å². The topological polar surface area (TPSA) is 68.5 Å². The number of anilines is 1. The molecule has 0 unspecified atom stereocenters. The highest BCUT2D eigenvalue weighted by atomic mass is 32.2. The number of carbonyl (C=O) groups is 1. The fourth-order valence-corrected chi connectivity index (χ4v) is 2.99. The van der Waals surface area contributed by atoms with Crippen LogP contribution in [-0.2, 0) is 5.75 Å². The minimum atomic E-state index is -0.469. The molecule has 1 aromatic heterocycles. The normalized spacial score (nSPS) is 10.6. The molecular weight excluding hydrogens is 338 g/mol. The Morgan fingerprint density at radius 3 is 2.80 bits per heavy atom. The zero-order valence-electron chi connectivity index (χ0n) is 13.9. The van der Waals surface area contributed by atoms with Gasteiger partial charge in [-0.1, -0.05) is 12.1 Å². The average Bonchev–Trinajstić information content (AvgIpc) is 2.61. The van der Waals surface area contributed by atoms with Gasteiger partial charge in [0.2, 0.25) is 0 Å². The molecule has 0 radical (unpaired) electrons. The minimum Gasteiger partial charge on any atom is -0.497 e. The Kier molecular flexibility index (Phi) is 5.09. The van der Waals surface area contributed by atoms with E-state index in [-0.39, 0.29) is 11.2 Å². The van der Waals surface area contributed by atoms with Crippen molar-refractivity contribution in [3.05, 3.63) is 70.1 Å². The minimum absolute atomic E-state index is 0.0407. The van der Waals surface area contributed by atoms with Gasteiger partial charge in [-0.2, -0.15) is 11.8 Å². The molecule has 3 aromatic rings. The summed E-state index contributed by atoms with van der Waals surface area (Å²) >= 11 is 1.70. The second kappa shape index (κ2) is 7.44. The Bertz CT molecular complexity index is 981. The number of ether oxygens (including phenoxy) is 1. The van der Waals surface area contributed by atoms with Gasteiger partial charge in [-0.05, 0) is 36.1 Å². The molecule has 1 amide bonds. The Morgan fingerprint density at radius 2 is 2.04 bits per heavy atom. The highest BCUT2D eigenvalue weighted by Gasteiger charge is 2.13. The van der Waals surface area contributed by atoms with Gasteiger partial charge >= 0.3 is 0 Å². The van der Waals surface area contributed by atoms with Crippen LogP contribution in [0.3, 0.4) is 0 Å². The number of rotatable bonds is 5. The molecule has 0 atom stereocenters. The van der Waals surface area contributed by atoms with E-state index in [0.29, 0.717) is 22.4 Å². The van der Waals surface area contributed by atoms with E-state index in [1.54, 1.807) is 36.0 Å². The largest absolute Gasteiger partial charge is 0.497 e. The number of fused-ring (bicyclic) bond motifs is 1. The average molecular weight is 355 g/mol. The smallest absolute Gasteiger partial charge is 0.291 e. The molecule has 128 valence electrons. The fraction of sp³-hybridized carbons (Fsp3) is 0.158. The summed E-state index contributed by atoms with van der Waals surface area (Å²) in [5, 5.41) is 3.17. The summed E-state index contributed by atoms with van der Waals surface area (Å²) in [5.74, 6) is 0.899. The van der Waals surface area contributed by atoms with Crippen molar-refractivity contribution in [3.63, 3.8) is 0 Å². The van der Waals surface area contributed by atoms with E-state index in [0.717, 1.165) is 11.3 Å². The van der Waals surface area contributed by atoms with Crippen LogP contribution in [0, 0.1) is 0 Å².